The first-order valence-corrected chi connectivity index (χ1v) is 22.8. The monoisotopic (exact) mass is 836 g/mol. The molecular weight excluding hydrogens is 765 g/mol. The van der Waals surface area contributed by atoms with E-state index in [1.54, 1.807) is 0 Å². The highest BCUT2D eigenvalue weighted by molar-refractivity contribution is 7.85. The van der Waals surface area contributed by atoms with Crippen LogP contribution in [0.4, 0.5) is 0 Å². The molecule has 0 saturated carbocycles. The first kappa shape index (κ1) is 52.8. The van der Waals surface area contributed by atoms with Gasteiger partial charge in [0.1, 0.15) is 36.8 Å². The summed E-state index contributed by atoms with van der Waals surface area (Å²) in [7, 11) is -4.61. The van der Waals surface area contributed by atoms with Crippen molar-refractivity contribution in [3.05, 3.63) is 85.1 Å². The Balaban J connectivity index is 2.56. The zero-order chi connectivity index (χ0) is 42.7. The fraction of sp³-hybridized carbons (Fsp3) is 0.644. The minimum atomic E-state index is -4.61. The zero-order valence-corrected chi connectivity index (χ0v) is 35.7. The molecule has 1 aliphatic heterocycles. The molecule has 0 aliphatic carbocycles. The number of ether oxygens (including phenoxy) is 4. The Morgan fingerprint density at radius 2 is 1.07 bits per heavy atom. The maximum atomic E-state index is 12.8. The number of aliphatic hydroxyl groups is 3. The molecule has 330 valence electrons. The smallest absolute Gasteiger partial charge is 0.306 e. The van der Waals surface area contributed by atoms with E-state index < -0.39 is 71.2 Å². The number of allylic oxidation sites excluding steroid dienone is 14. The van der Waals surface area contributed by atoms with Gasteiger partial charge in [-0.25, -0.2) is 0 Å². The van der Waals surface area contributed by atoms with Crippen LogP contribution in [0.1, 0.15) is 129 Å². The summed E-state index contributed by atoms with van der Waals surface area (Å²) >= 11 is 0. The van der Waals surface area contributed by atoms with E-state index in [1.165, 1.54) is 19.3 Å². The van der Waals surface area contributed by atoms with Crippen molar-refractivity contribution in [2.45, 2.75) is 166 Å². The van der Waals surface area contributed by atoms with Crippen molar-refractivity contribution >= 4 is 22.1 Å². The second-order valence-corrected chi connectivity index (χ2v) is 15.8. The van der Waals surface area contributed by atoms with Gasteiger partial charge in [0.15, 0.2) is 12.4 Å². The van der Waals surface area contributed by atoms with Crippen molar-refractivity contribution in [2.24, 2.45) is 0 Å². The van der Waals surface area contributed by atoms with Gasteiger partial charge in [-0.1, -0.05) is 112 Å². The molecule has 6 atom stereocenters. The van der Waals surface area contributed by atoms with Gasteiger partial charge in [0.25, 0.3) is 10.1 Å². The molecule has 58 heavy (non-hydrogen) atoms. The molecule has 1 saturated heterocycles. The average Bonchev–Trinajstić information content (AvgIpc) is 3.18. The summed E-state index contributed by atoms with van der Waals surface area (Å²) in [6.07, 6.45) is 34.9. The van der Waals surface area contributed by atoms with Crippen LogP contribution in [0.5, 0.6) is 0 Å². The Bertz CT molecular complexity index is 1400. The molecule has 1 rings (SSSR count). The highest BCUT2D eigenvalue weighted by Crippen LogP contribution is 2.24. The lowest BCUT2D eigenvalue weighted by molar-refractivity contribution is -0.297. The number of rotatable bonds is 33. The third-order valence-electron chi connectivity index (χ3n) is 8.96. The van der Waals surface area contributed by atoms with Gasteiger partial charge in [-0.15, -0.1) is 0 Å². The third kappa shape index (κ3) is 29.1. The van der Waals surface area contributed by atoms with Crippen LogP contribution >= 0.6 is 0 Å². The highest BCUT2D eigenvalue weighted by atomic mass is 32.2. The summed E-state index contributed by atoms with van der Waals surface area (Å²) < 4.78 is 53.9. The van der Waals surface area contributed by atoms with E-state index in [4.69, 9.17) is 18.9 Å². The molecule has 0 amide bonds. The molecule has 0 bridgehead atoms. The molecule has 0 spiro atoms. The number of carbonyl (C=O) groups is 2. The Morgan fingerprint density at radius 1 is 0.603 bits per heavy atom. The minimum Gasteiger partial charge on any atom is -0.462 e. The molecule has 1 fully saturated rings. The van der Waals surface area contributed by atoms with Gasteiger partial charge < -0.3 is 34.3 Å². The van der Waals surface area contributed by atoms with E-state index >= 15 is 0 Å². The van der Waals surface area contributed by atoms with Gasteiger partial charge in [0, 0.05) is 12.8 Å². The second kappa shape index (κ2) is 34.7. The number of hydrogen-bond donors (Lipinski definition) is 4. The van der Waals surface area contributed by atoms with Gasteiger partial charge in [0.2, 0.25) is 0 Å². The van der Waals surface area contributed by atoms with E-state index in [1.807, 2.05) is 0 Å². The van der Waals surface area contributed by atoms with E-state index in [2.05, 4.69) is 98.9 Å². The molecule has 1 aliphatic rings. The van der Waals surface area contributed by atoms with Crippen LogP contribution in [-0.4, -0.2) is 96.0 Å². The number of carbonyl (C=O) groups excluding carboxylic acids is 2. The molecule has 13 heteroatoms. The lowest BCUT2D eigenvalue weighted by atomic mass is 10.00. The van der Waals surface area contributed by atoms with Crippen LogP contribution in [0.3, 0.4) is 0 Å². The minimum absolute atomic E-state index is 0.101. The van der Waals surface area contributed by atoms with Crippen LogP contribution in [-0.2, 0) is 38.7 Å². The van der Waals surface area contributed by atoms with Crippen LogP contribution in [0, 0.1) is 0 Å². The van der Waals surface area contributed by atoms with Crippen LogP contribution in [0.2, 0.25) is 0 Å². The topological polar surface area (TPSA) is 186 Å². The van der Waals surface area contributed by atoms with Crippen LogP contribution < -0.4 is 0 Å². The normalized spacial score (nSPS) is 21.2. The summed E-state index contributed by atoms with van der Waals surface area (Å²) in [4.78, 5) is 25.3. The number of aliphatic hydroxyl groups excluding tert-OH is 3. The van der Waals surface area contributed by atoms with Gasteiger partial charge in [-0.2, -0.15) is 8.42 Å². The Hall–Kier alpha value is -3.17. The molecule has 4 N–H and O–H groups in total. The van der Waals surface area contributed by atoms with Crippen molar-refractivity contribution in [1.29, 1.82) is 0 Å². The molecule has 0 radical (unpaired) electrons. The Labute approximate surface area is 348 Å². The third-order valence-corrected chi connectivity index (χ3v) is 9.71. The van der Waals surface area contributed by atoms with E-state index in [0.29, 0.717) is 12.8 Å². The molecule has 2 unspecified atom stereocenters. The Kier molecular flexibility index (Phi) is 31.6. The molecule has 0 aromatic heterocycles. The van der Waals surface area contributed by atoms with Crippen LogP contribution in [0.25, 0.3) is 0 Å². The summed E-state index contributed by atoms with van der Waals surface area (Å²) in [6.45, 7) is 3.52. The lowest BCUT2D eigenvalue weighted by Crippen LogP contribution is -2.60. The molecule has 12 nitrogen and oxygen atoms in total. The average molecular weight is 837 g/mol. The molecular formula is C45H72O12S. The van der Waals surface area contributed by atoms with Crippen molar-refractivity contribution < 1.29 is 56.8 Å². The first-order valence-electron chi connectivity index (χ1n) is 21.1. The molecule has 0 aromatic rings. The summed E-state index contributed by atoms with van der Waals surface area (Å²) in [5.74, 6) is -2.10. The summed E-state index contributed by atoms with van der Waals surface area (Å²) in [5, 5.41) is 30.8. The largest absolute Gasteiger partial charge is 0.462 e. The first-order chi connectivity index (χ1) is 28.0. The van der Waals surface area contributed by atoms with Crippen molar-refractivity contribution in [2.75, 3.05) is 19.0 Å². The second-order valence-electron chi connectivity index (χ2n) is 14.3. The fourth-order valence-corrected chi connectivity index (χ4v) is 6.36. The SMILES string of the molecule is CC/C=C/C/C=C/C/C=C/C/C=C/CCCCC(=O)OC[C@H](CO[C@H]1O[C@H](CS(=O)(=O)O)[C@@H](O)C(O)C1O)OC(=O)CCCC/C=C/C/C=C/C/C=C/CCCCC. The number of esters is 2. The quantitative estimate of drug-likeness (QED) is 0.0216. The van der Waals surface area contributed by atoms with Gasteiger partial charge in [-0.3, -0.25) is 14.1 Å². The van der Waals surface area contributed by atoms with Crippen LogP contribution in [0.15, 0.2) is 85.1 Å². The van der Waals surface area contributed by atoms with Crippen molar-refractivity contribution in [3.8, 4) is 0 Å². The fourth-order valence-electron chi connectivity index (χ4n) is 5.67. The summed E-state index contributed by atoms with van der Waals surface area (Å²) in [6, 6.07) is 0. The van der Waals surface area contributed by atoms with E-state index in [9.17, 15) is 37.9 Å². The number of hydrogen-bond acceptors (Lipinski definition) is 11. The molecule has 1 heterocycles. The Morgan fingerprint density at radius 3 is 1.55 bits per heavy atom. The van der Waals surface area contributed by atoms with Crippen molar-refractivity contribution in [1.82, 2.24) is 0 Å². The number of unbranched alkanes of at least 4 members (excludes halogenated alkanes) is 7. The van der Waals surface area contributed by atoms with E-state index in [0.717, 1.165) is 70.6 Å². The zero-order valence-electron chi connectivity index (χ0n) is 34.9. The van der Waals surface area contributed by atoms with Gasteiger partial charge in [-0.05, 0) is 89.9 Å². The lowest BCUT2D eigenvalue weighted by Gasteiger charge is -2.40. The van der Waals surface area contributed by atoms with Gasteiger partial charge >= 0.3 is 11.9 Å². The predicted octanol–water partition coefficient (Wildman–Crippen LogP) is 8.11. The molecule has 0 aromatic carbocycles. The van der Waals surface area contributed by atoms with Gasteiger partial charge in [0.05, 0.1) is 6.61 Å². The van der Waals surface area contributed by atoms with Crippen molar-refractivity contribution in [3.63, 3.8) is 0 Å². The predicted molar refractivity (Wildman–Crippen MR) is 228 cm³/mol. The summed E-state index contributed by atoms with van der Waals surface area (Å²) in [5.41, 5.74) is 0. The standard InChI is InChI=1S/C45H72O12S/c1-3-5-7-9-11-13-15-17-19-21-23-25-27-29-31-33-40(46)54-35-38(36-55-45-44(50)43(49)42(48)39(57-45)37-58(51,52)53)56-41(47)34-32-30-28-26-24-22-20-18-16-14-12-10-8-6-4-2/h5,7,11-14,17-20,23-26,38-39,42-45,48-50H,3-4,6,8-10,15-16,21-22,27-37H2,1-2H3,(H,51,52,53)/b7-5+,13-11+,14-12+,19-17+,20-18+,25-23+,26-24+/t38-,39-,42-,43?,44?,45+/m1/s1. The van der Waals surface area contributed by atoms with E-state index in [-0.39, 0.29) is 19.4 Å². The maximum absolute atomic E-state index is 12.8. The highest BCUT2D eigenvalue weighted by Gasteiger charge is 2.46. The maximum Gasteiger partial charge on any atom is 0.306 e.